The lowest BCUT2D eigenvalue weighted by molar-refractivity contribution is 0.0629. The number of amides is 3. The maximum Gasteiger partial charge on any atom is 0.261 e. The first kappa shape index (κ1) is 22.7. The Balaban J connectivity index is 1.27. The molecule has 1 aliphatic rings. The van der Waals surface area contributed by atoms with Crippen molar-refractivity contribution in [2.24, 2.45) is 0 Å². The summed E-state index contributed by atoms with van der Waals surface area (Å²) < 4.78 is 0. The lowest BCUT2D eigenvalue weighted by Crippen LogP contribution is -2.40. The molecule has 37 heavy (non-hydrogen) atoms. The van der Waals surface area contributed by atoms with E-state index >= 15 is 0 Å². The number of pyridine rings is 1. The average Bonchev–Trinajstić information content (AvgIpc) is 3.65. The second-order valence-corrected chi connectivity index (χ2v) is 9.51. The third kappa shape index (κ3) is 4.15. The SMILES string of the molecule is O=C(NC(CN1C(=O)c2ccccc2C1=O)c1ccccc1)c1ccsc1Nc1ccnc2[nH]ccc12. The van der Waals surface area contributed by atoms with Crippen molar-refractivity contribution in [3.63, 3.8) is 0 Å². The molecule has 182 valence electrons. The molecule has 3 N–H and O–H groups in total. The Morgan fingerprint density at radius 2 is 1.68 bits per heavy atom. The summed E-state index contributed by atoms with van der Waals surface area (Å²) in [5, 5.41) is 9.84. The van der Waals surface area contributed by atoms with Crippen molar-refractivity contribution in [3.8, 4) is 0 Å². The van der Waals surface area contributed by atoms with Gasteiger partial charge in [-0.3, -0.25) is 19.3 Å². The summed E-state index contributed by atoms with van der Waals surface area (Å²) in [7, 11) is 0. The first-order valence-electron chi connectivity index (χ1n) is 11.7. The minimum absolute atomic E-state index is 0.0172. The molecule has 0 radical (unpaired) electrons. The number of imide groups is 1. The molecule has 0 bridgehead atoms. The Hall–Kier alpha value is -4.76. The zero-order valence-electron chi connectivity index (χ0n) is 19.5. The molecule has 3 amide bonds. The Morgan fingerprint density at radius 3 is 2.43 bits per heavy atom. The van der Waals surface area contributed by atoms with Crippen molar-refractivity contribution in [1.29, 1.82) is 0 Å². The highest BCUT2D eigenvalue weighted by Gasteiger charge is 2.37. The normalized spacial score (nSPS) is 13.6. The topological polar surface area (TPSA) is 107 Å². The van der Waals surface area contributed by atoms with Crippen LogP contribution in [-0.2, 0) is 0 Å². The van der Waals surface area contributed by atoms with Crippen molar-refractivity contribution in [3.05, 3.63) is 113 Å². The Morgan fingerprint density at radius 1 is 0.946 bits per heavy atom. The molecule has 5 aromatic rings. The van der Waals surface area contributed by atoms with Crippen LogP contribution in [0.1, 0.15) is 42.7 Å². The van der Waals surface area contributed by atoms with Crippen LogP contribution in [0.2, 0.25) is 0 Å². The number of nitrogens with one attached hydrogen (secondary N) is 3. The molecular formula is C28H21N5O3S. The molecule has 0 aliphatic carbocycles. The molecule has 0 saturated heterocycles. The van der Waals surface area contributed by atoms with Crippen molar-refractivity contribution in [2.75, 3.05) is 11.9 Å². The number of nitrogens with zero attached hydrogens (tertiary/aromatic N) is 2. The number of benzene rings is 2. The number of rotatable bonds is 7. The number of aromatic amines is 1. The monoisotopic (exact) mass is 507 g/mol. The van der Waals surface area contributed by atoms with Gasteiger partial charge in [-0.05, 0) is 41.3 Å². The largest absolute Gasteiger partial charge is 0.346 e. The Labute approximate surface area is 216 Å². The van der Waals surface area contributed by atoms with Crippen molar-refractivity contribution < 1.29 is 14.4 Å². The van der Waals surface area contributed by atoms with Gasteiger partial charge in [-0.25, -0.2) is 4.98 Å². The number of carbonyl (C=O) groups is 3. The highest BCUT2D eigenvalue weighted by atomic mass is 32.1. The smallest absolute Gasteiger partial charge is 0.261 e. The molecule has 1 unspecified atom stereocenters. The molecule has 4 heterocycles. The van der Waals surface area contributed by atoms with Gasteiger partial charge in [0.15, 0.2) is 0 Å². The lowest BCUT2D eigenvalue weighted by atomic mass is 10.1. The van der Waals surface area contributed by atoms with E-state index in [4.69, 9.17) is 0 Å². The third-order valence-corrected chi connectivity index (χ3v) is 7.20. The van der Waals surface area contributed by atoms with Gasteiger partial charge < -0.3 is 15.6 Å². The van der Waals surface area contributed by atoms with Crippen molar-refractivity contribution in [1.82, 2.24) is 20.2 Å². The zero-order chi connectivity index (χ0) is 25.4. The number of anilines is 2. The van der Waals surface area contributed by atoms with Crippen molar-refractivity contribution in [2.45, 2.75) is 6.04 Å². The van der Waals surface area contributed by atoms with Gasteiger partial charge >= 0.3 is 0 Å². The van der Waals surface area contributed by atoms with Gasteiger partial charge in [-0.1, -0.05) is 42.5 Å². The molecule has 0 fully saturated rings. The molecule has 3 aromatic heterocycles. The number of hydrogen-bond acceptors (Lipinski definition) is 6. The first-order valence-corrected chi connectivity index (χ1v) is 12.6. The maximum absolute atomic E-state index is 13.5. The summed E-state index contributed by atoms with van der Waals surface area (Å²) in [4.78, 5) is 48.1. The zero-order valence-corrected chi connectivity index (χ0v) is 20.3. The molecule has 6 rings (SSSR count). The second kappa shape index (κ2) is 9.36. The predicted octanol–water partition coefficient (Wildman–Crippen LogP) is 5.14. The number of carbonyl (C=O) groups excluding carboxylic acids is 3. The van der Waals surface area contributed by atoms with Crippen LogP contribution in [0, 0.1) is 0 Å². The number of H-pyrrole nitrogens is 1. The predicted molar refractivity (Wildman–Crippen MR) is 142 cm³/mol. The molecule has 1 atom stereocenters. The number of fused-ring (bicyclic) bond motifs is 2. The number of thiophene rings is 1. The fourth-order valence-corrected chi connectivity index (χ4v) is 5.32. The maximum atomic E-state index is 13.5. The fourth-order valence-electron chi connectivity index (χ4n) is 4.52. The van der Waals surface area contributed by atoms with Gasteiger partial charge in [-0.15, -0.1) is 11.3 Å². The van der Waals surface area contributed by atoms with Crippen LogP contribution in [0.15, 0.2) is 90.6 Å². The van der Waals surface area contributed by atoms with Crippen LogP contribution in [0.3, 0.4) is 0 Å². The van der Waals surface area contributed by atoms with E-state index in [0.717, 1.165) is 22.3 Å². The standard InChI is InChI=1S/C28H21N5O3S/c34-25(21-12-15-37-26(21)32-22-11-14-30-24-20(22)10-13-29-24)31-23(17-6-2-1-3-7-17)16-33-27(35)18-8-4-5-9-19(18)28(33)36/h1-15,23H,16H2,(H,31,34)(H2,29,30,32). The fraction of sp³-hybridized carbons (Fsp3) is 0.0714. The van der Waals surface area contributed by atoms with Crippen LogP contribution >= 0.6 is 11.3 Å². The first-order chi connectivity index (χ1) is 18.1. The highest BCUT2D eigenvalue weighted by Crippen LogP contribution is 2.31. The molecule has 1 aliphatic heterocycles. The van der Waals surface area contributed by atoms with Gasteiger partial charge in [0.1, 0.15) is 10.6 Å². The van der Waals surface area contributed by atoms with E-state index in [2.05, 4.69) is 20.6 Å². The molecule has 8 nitrogen and oxygen atoms in total. The molecule has 0 saturated carbocycles. The molecular weight excluding hydrogens is 486 g/mol. The Kier molecular flexibility index (Phi) is 5.74. The van der Waals surface area contributed by atoms with E-state index in [-0.39, 0.29) is 24.3 Å². The van der Waals surface area contributed by atoms with Crippen LogP contribution < -0.4 is 10.6 Å². The highest BCUT2D eigenvalue weighted by molar-refractivity contribution is 7.14. The van der Waals surface area contributed by atoms with E-state index in [1.54, 1.807) is 36.5 Å². The molecule has 0 spiro atoms. The van der Waals surface area contributed by atoms with Crippen LogP contribution in [-0.4, -0.2) is 39.1 Å². The lowest BCUT2D eigenvalue weighted by Gasteiger charge is -2.24. The van der Waals surface area contributed by atoms with E-state index in [0.29, 0.717) is 21.7 Å². The minimum atomic E-state index is -0.596. The summed E-state index contributed by atoms with van der Waals surface area (Å²) in [5.74, 6) is -1.03. The summed E-state index contributed by atoms with van der Waals surface area (Å²) in [5.41, 5.74) is 3.59. The Bertz CT molecular complexity index is 1610. The van der Waals surface area contributed by atoms with Gasteiger partial charge in [0.25, 0.3) is 17.7 Å². The van der Waals surface area contributed by atoms with E-state index in [1.807, 2.05) is 54.0 Å². The second-order valence-electron chi connectivity index (χ2n) is 8.59. The minimum Gasteiger partial charge on any atom is -0.346 e. The van der Waals surface area contributed by atoms with Crippen LogP contribution in [0.4, 0.5) is 10.7 Å². The van der Waals surface area contributed by atoms with E-state index < -0.39 is 6.04 Å². The van der Waals surface area contributed by atoms with Gasteiger partial charge in [0.2, 0.25) is 0 Å². The molecule has 9 heteroatoms. The van der Waals surface area contributed by atoms with Gasteiger partial charge in [-0.2, -0.15) is 0 Å². The quantitative estimate of drug-likeness (QED) is 0.265. The van der Waals surface area contributed by atoms with Gasteiger partial charge in [0.05, 0.1) is 35.0 Å². The summed E-state index contributed by atoms with van der Waals surface area (Å²) >= 11 is 1.41. The summed E-state index contributed by atoms with van der Waals surface area (Å²) in [6, 6.07) is 21.0. The van der Waals surface area contributed by atoms with Gasteiger partial charge in [0, 0.05) is 17.8 Å². The number of aromatic nitrogens is 2. The van der Waals surface area contributed by atoms with Crippen molar-refractivity contribution >= 4 is 50.8 Å². The average molecular weight is 508 g/mol. The van der Waals surface area contributed by atoms with E-state index in [9.17, 15) is 14.4 Å². The van der Waals surface area contributed by atoms with Crippen LogP contribution in [0.25, 0.3) is 11.0 Å². The van der Waals surface area contributed by atoms with Crippen LogP contribution in [0.5, 0.6) is 0 Å². The molecule has 2 aromatic carbocycles. The third-order valence-electron chi connectivity index (χ3n) is 6.37. The van der Waals surface area contributed by atoms with E-state index in [1.165, 1.54) is 16.2 Å². The summed E-state index contributed by atoms with van der Waals surface area (Å²) in [6.07, 6.45) is 3.51. The summed E-state index contributed by atoms with van der Waals surface area (Å²) in [6.45, 7) is 0.0172. The number of hydrogen-bond donors (Lipinski definition) is 3.